The van der Waals surface area contributed by atoms with E-state index >= 15 is 14.2 Å². The number of hydrogen-bond donors (Lipinski definition) is 3. The van der Waals surface area contributed by atoms with E-state index in [0.29, 0.717) is 51.4 Å². The lowest BCUT2D eigenvalue weighted by molar-refractivity contribution is -0.272. The van der Waals surface area contributed by atoms with Gasteiger partial charge >= 0.3 is 25.7 Å². The molecule has 3 aromatic rings. The largest absolute Gasteiger partial charge is 0.588 e. The third-order valence-corrected chi connectivity index (χ3v) is 25.2. The maximum Gasteiger partial charge on any atom is 0.588 e. The molecule has 0 radical (unpaired) electrons. The Balaban J connectivity index is 1.89. The molecule has 3 aromatic carbocycles. The Bertz CT molecular complexity index is 3070. The number of phosphoric acid groups is 1. The molecule has 0 spiro atoms. The number of amides is 2. The number of carbonyl (C=O) groups is 6. The van der Waals surface area contributed by atoms with Crippen LogP contribution in [0.25, 0.3) is 0 Å². The standard InChI is InChI=1S/C103H173N2O17P/c1-7-13-19-25-31-37-40-46-57-69-87(93(107)76-64-49-43-34-28-22-16-10-4)79-99(112)119-102-100(105-96(109)81-92(75-59-48-42-39-33-27-21-15-9-3)117-98(111)78-66-51-45-36-30-24-18-12-6)103(118-94(82-106)101(102)122-123(113,120-89-70-60-53-61-71-89)121-90-72-62-54-63-73-90)115-85-88(84-114-83-86-67-55-52-56-68-86)104-95(108)80-91(74-58-47-41-38-32-26-20-14-8-2)116-97(110)77-65-50-44-35-29-23-17-11-5/h52-56,60-63,67-68,70-73,87-88,91-92,94,100-103,106H,7-51,57-59,64-66,69,74-85H2,1-6H3,(H,104,108)(H,105,109)/t87-,88+,91-,92-,94-,100-,101-,102-,103-/m1/s1. The molecule has 0 aliphatic carbocycles. The van der Waals surface area contributed by atoms with Gasteiger partial charge in [-0.25, -0.2) is 4.57 Å². The van der Waals surface area contributed by atoms with Gasteiger partial charge < -0.3 is 53.2 Å². The number of rotatable bonds is 83. The summed E-state index contributed by atoms with van der Waals surface area (Å²) in [5, 5.41) is 18.1. The van der Waals surface area contributed by atoms with Crippen LogP contribution in [-0.2, 0) is 72.9 Å². The Morgan fingerprint density at radius 2 is 0.756 bits per heavy atom. The van der Waals surface area contributed by atoms with Crippen molar-refractivity contribution in [1.29, 1.82) is 0 Å². The van der Waals surface area contributed by atoms with Crippen molar-refractivity contribution in [3.8, 4) is 11.5 Å². The Hall–Kier alpha value is -5.69. The van der Waals surface area contributed by atoms with Gasteiger partial charge in [-0.15, -0.1) is 0 Å². The zero-order valence-electron chi connectivity index (χ0n) is 78.0. The van der Waals surface area contributed by atoms with Crippen molar-refractivity contribution in [3.05, 3.63) is 96.6 Å². The van der Waals surface area contributed by atoms with Gasteiger partial charge in [0, 0.05) is 25.2 Å². The topological polar surface area (TPSA) is 247 Å². The van der Waals surface area contributed by atoms with Gasteiger partial charge in [-0.1, -0.05) is 404 Å². The first-order chi connectivity index (χ1) is 60.2. The van der Waals surface area contributed by atoms with Crippen LogP contribution >= 0.6 is 7.82 Å². The number of ketones is 1. The van der Waals surface area contributed by atoms with E-state index in [4.69, 9.17) is 42.0 Å². The van der Waals surface area contributed by atoms with Crippen LogP contribution in [0.15, 0.2) is 91.0 Å². The highest BCUT2D eigenvalue weighted by atomic mass is 31.2. The Morgan fingerprint density at radius 1 is 0.398 bits per heavy atom. The van der Waals surface area contributed by atoms with Crippen LogP contribution in [0.5, 0.6) is 11.5 Å². The Labute approximate surface area is 746 Å². The highest BCUT2D eigenvalue weighted by Gasteiger charge is 2.54. The molecule has 1 fully saturated rings. The highest BCUT2D eigenvalue weighted by Crippen LogP contribution is 2.53. The van der Waals surface area contributed by atoms with E-state index in [1.54, 1.807) is 60.7 Å². The third-order valence-electron chi connectivity index (χ3n) is 23.8. The van der Waals surface area contributed by atoms with Crippen LogP contribution in [0, 0.1) is 5.92 Å². The summed E-state index contributed by atoms with van der Waals surface area (Å²) in [6, 6.07) is 23.6. The SMILES string of the molecule is CCCCCCCCCCC[C@H](CC(=O)N[C@@H](COCc1ccccc1)CO[C@@H]1O[C@H](CO)[C@@H](OP(=O)(Oc2ccccc2)Oc2ccccc2)[C@H](OC(=O)C[C@@H](CCCCCCCCCCC)C(=O)CCCCCCCCCC)[C@H]1NC(=O)C[C@@H](CCCCCCCCCCC)OC(=O)CCCCCCCCCC)OC(=O)CCCCCCCCCC. The van der Waals surface area contributed by atoms with Gasteiger partial charge in [-0.2, -0.15) is 0 Å². The Morgan fingerprint density at radius 3 is 1.15 bits per heavy atom. The number of nitrogens with one attached hydrogen (secondary N) is 2. The van der Waals surface area contributed by atoms with Crippen LogP contribution in [0.4, 0.5) is 0 Å². The predicted molar refractivity (Wildman–Crippen MR) is 497 cm³/mol. The Kier molecular flexibility index (Phi) is 66.2. The van der Waals surface area contributed by atoms with E-state index in [1.807, 2.05) is 30.3 Å². The monoisotopic (exact) mass is 1740 g/mol. The van der Waals surface area contributed by atoms with E-state index in [-0.39, 0.29) is 81.6 Å². The van der Waals surface area contributed by atoms with Crippen molar-refractivity contribution in [2.75, 3.05) is 19.8 Å². The van der Waals surface area contributed by atoms with Crippen LogP contribution in [0.3, 0.4) is 0 Å². The van der Waals surface area contributed by atoms with Crippen molar-refractivity contribution in [2.45, 2.75) is 482 Å². The molecule has 1 aliphatic rings. The minimum atomic E-state index is -5.01. The summed E-state index contributed by atoms with van der Waals surface area (Å²) >= 11 is 0. The minimum absolute atomic E-state index is 0.0436. The molecule has 19 nitrogen and oxygen atoms in total. The average molecular weight is 1740 g/mol. The van der Waals surface area contributed by atoms with E-state index < -0.39 is 93.0 Å². The molecule has 9 atom stereocenters. The van der Waals surface area contributed by atoms with Gasteiger partial charge in [0.25, 0.3) is 0 Å². The van der Waals surface area contributed by atoms with Gasteiger partial charge in [-0.05, 0) is 81.2 Å². The van der Waals surface area contributed by atoms with Crippen molar-refractivity contribution in [2.24, 2.45) is 5.92 Å². The van der Waals surface area contributed by atoms with Crippen LogP contribution in [0.2, 0.25) is 0 Å². The molecule has 0 aromatic heterocycles. The molecule has 20 heteroatoms. The molecule has 123 heavy (non-hydrogen) atoms. The van der Waals surface area contributed by atoms with Gasteiger partial charge in [0.05, 0.1) is 51.7 Å². The number of aliphatic hydroxyl groups excluding tert-OH is 1. The van der Waals surface area contributed by atoms with E-state index in [2.05, 4.69) is 52.2 Å². The van der Waals surface area contributed by atoms with Gasteiger partial charge in [0.2, 0.25) is 11.8 Å². The summed E-state index contributed by atoms with van der Waals surface area (Å²) < 4.78 is 74.8. The van der Waals surface area contributed by atoms with E-state index in [1.165, 1.54) is 135 Å². The molecule has 1 saturated heterocycles. The minimum Gasteiger partial charge on any atom is -0.462 e. The maximum atomic E-state index is 16.0. The summed E-state index contributed by atoms with van der Waals surface area (Å²) in [6.45, 7) is 12.1. The number of Topliss-reactive ketones (excluding diaryl/α,β-unsaturated/α-hetero) is 1. The average Bonchev–Trinajstić information content (AvgIpc) is 0.771. The van der Waals surface area contributed by atoms with E-state index in [9.17, 15) is 24.3 Å². The number of benzene rings is 3. The first-order valence-electron chi connectivity index (χ1n) is 50.1. The fourth-order valence-electron chi connectivity index (χ4n) is 16.4. The molecule has 1 heterocycles. The summed E-state index contributed by atoms with van der Waals surface area (Å²) in [7, 11) is -5.01. The molecule has 0 bridgehead atoms. The van der Waals surface area contributed by atoms with Crippen LogP contribution in [0.1, 0.15) is 432 Å². The van der Waals surface area contributed by atoms with Gasteiger partial charge in [0.15, 0.2) is 12.4 Å². The number of esters is 3. The number of carbonyl (C=O) groups excluding carboxylic acids is 6. The molecular formula is C103H173N2O17P. The number of hydrogen-bond acceptors (Lipinski definition) is 17. The fraction of sp³-hybridized carbons (Fsp3) is 0.767. The van der Waals surface area contributed by atoms with Crippen molar-refractivity contribution in [3.63, 3.8) is 0 Å². The molecule has 2 amide bonds. The van der Waals surface area contributed by atoms with E-state index in [0.717, 1.165) is 166 Å². The highest BCUT2D eigenvalue weighted by molar-refractivity contribution is 7.49. The zero-order valence-corrected chi connectivity index (χ0v) is 78.9. The summed E-state index contributed by atoms with van der Waals surface area (Å²) in [5.74, 6) is -3.23. The molecule has 4 rings (SSSR count). The fourth-order valence-corrected chi connectivity index (χ4v) is 17.8. The lowest BCUT2D eigenvalue weighted by Gasteiger charge is -2.45. The van der Waals surface area contributed by atoms with Crippen molar-refractivity contribution < 1.29 is 80.4 Å². The smallest absolute Gasteiger partial charge is 0.462 e. The second-order valence-corrected chi connectivity index (χ2v) is 36.7. The lowest BCUT2D eigenvalue weighted by Crippen LogP contribution is -2.66. The summed E-state index contributed by atoms with van der Waals surface area (Å²) in [4.78, 5) is 88.9. The number of para-hydroxylation sites is 2. The molecule has 1 aliphatic heterocycles. The lowest BCUT2D eigenvalue weighted by atomic mass is 9.90. The first-order valence-corrected chi connectivity index (χ1v) is 51.6. The maximum absolute atomic E-state index is 16.0. The van der Waals surface area contributed by atoms with Gasteiger partial charge in [0.1, 0.15) is 47.7 Å². The third kappa shape index (κ3) is 55.6. The molecule has 3 N–H and O–H groups in total. The van der Waals surface area contributed by atoms with Crippen LogP contribution < -0.4 is 19.7 Å². The number of phosphoric ester groups is 1. The molecular weight excluding hydrogens is 1570 g/mol. The number of aliphatic hydroxyl groups is 1. The number of ether oxygens (including phenoxy) is 6. The molecule has 702 valence electrons. The van der Waals surface area contributed by atoms with Gasteiger partial charge in [-0.3, -0.25) is 33.3 Å². The number of unbranched alkanes of at least 4 members (excludes halogenated alkanes) is 45. The zero-order chi connectivity index (χ0) is 88.5. The second kappa shape index (κ2) is 74.3. The predicted octanol–water partition coefficient (Wildman–Crippen LogP) is 27.0. The normalized spacial score (nSPS) is 16.3. The first kappa shape index (κ1) is 110. The molecule has 0 saturated carbocycles. The quantitative estimate of drug-likeness (QED) is 0.0206. The van der Waals surface area contributed by atoms with Crippen molar-refractivity contribution in [1.82, 2.24) is 10.6 Å². The van der Waals surface area contributed by atoms with Crippen LogP contribution in [-0.4, -0.2) is 109 Å². The molecule has 0 unspecified atom stereocenters. The second-order valence-electron chi connectivity index (χ2n) is 35.2. The summed E-state index contributed by atoms with van der Waals surface area (Å²) in [5.41, 5.74) is 0.873. The van der Waals surface area contributed by atoms with Crippen molar-refractivity contribution >= 4 is 43.3 Å². The summed E-state index contributed by atoms with van der Waals surface area (Å²) in [6.07, 6.45) is 47.1.